The zero-order valence-corrected chi connectivity index (χ0v) is 12.9. The number of halogens is 4. The summed E-state index contributed by atoms with van der Waals surface area (Å²) in [7, 11) is 0. The van der Waals surface area contributed by atoms with E-state index in [2.05, 4.69) is 0 Å². The van der Waals surface area contributed by atoms with Crippen molar-refractivity contribution in [2.24, 2.45) is 5.92 Å². The molecule has 0 radical (unpaired) electrons. The molecule has 0 heterocycles. The van der Waals surface area contributed by atoms with Crippen LogP contribution in [0.15, 0.2) is 30.3 Å². The molecule has 0 unspecified atom stereocenters. The van der Waals surface area contributed by atoms with Gasteiger partial charge in [0.2, 0.25) is 0 Å². The highest BCUT2D eigenvalue weighted by atomic mass is 19.2. The van der Waals surface area contributed by atoms with E-state index < -0.39 is 23.3 Å². The Labute approximate surface area is 137 Å². The van der Waals surface area contributed by atoms with Crippen LogP contribution in [0.4, 0.5) is 17.6 Å². The third-order valence-corrected chi connectivity index (χ3v) is 4.71. The quantitative estimate of drug-likeness (QED) is 0.543. The number of hydrogen-bond acceptors (Lipinski definition) is 1. The molecular formula is C19H16F4O. The van der Waals surface area contributed by atoms with Gasteiger partial charge in [0.25, 0.3) is 0 Å². The molecule has 3 rings (SSSR count). The van der Waals surface area contributed by atoms with Crippen LogP contribution in [-0.2, 0) is 4.79 Å². The van der Waals surface area contributed by atoms with Gasteiger partial charge in [0.1, 0.15) is 17.9 Å². The van der Waals surface area contributed by atoms with E-state index in [1.807, 2.05) is 0 Å². The summed E-state index contributed by atoms with van der Waals surface area (Å²) in [5, 5.41) is 0. The molecule has 0 N–H and O–H groups in total. The molecule has 0 aromatic heterocycles. The molecule has 0 spiro atoms. The molecule has 24 heavy (non-hydrogen) atoms. The maximum atomic E-state index is 14.4. The molecule has 2 aromatic carbocycles. The van der Waals surface area contributed by atoms with Crippen molar-refractivity contribution in [1.82, 2.24) is 0 Å². The minimum Gasteiger partial charge on any atom is -0.303 e. The van der Waals surface area contributed by atoms with Crippen LogP contribution in [0, 0.1) is 29.2 Å². The molecule has 0 aliphatic heterocycles. The molecule has 0 bridgehead atoms. The topological polar surface area (TPSA) is 17.1 Å². The highest BCUT2D eigenvalue weighted by molar-refractivity contribution is 5.65. The average Bonchev–Trinajstić information content (AvgIpc) is 2.57. The van der Waals surface area contributed by atoms with Crippen molar-refractivity contribution in [2.75, 3.05) is 0 Å². The van der Waals surface area contributed by atoms with E-state index in [1.54, 1.807) is 0 Å². The fraction of sp³-hybridized carbons (Fsp3) is 0.316. The van der Waals surface area contributed by atoms with Gasteiger partial charge in [0, 0.05) is 5.92 Å². The number of aldehydes is 1. The van der Waals surface area contributed by atoms with Crippen LogP contribution in [0.3, 0.4) is 0 Å². The summed E-state index contributed by atoms with van der Waals surface area (Å²) in [6.07, 6.45) is 3.76. The van der Waals surface area contributed by atoms with Crippen LogP contribution in [0.2, 0.25) is 0 Å². The normalized spacial score (nSPS) is 20.8. The monoisotopic (exact) mass is 336 g/mol. The molecule has 1 aliphatic carbocycles. The number of carbonyl (C=O) groups excluding carboxylic acids is 1. The molecule has 2 aromatic rings. The lowest BCUT2D eigenvalue weighted by molar-refractivity contribution is -0.111. The van der Waals surface area contributed by atoms with Gasteiger partial charge in [-0.2, -0.15) is 0 Å². The maximum absolute atomic E-state index is 14.4. The van der Waals surface area contributed by atoms with Gasteiger partial charge in [0.05, 0.1) is 5.56 Å². The maximum Gasteiger partial charge on any atom is 0.159 e. The number of benzene rings is 2. The summed E-state index contributed by atoms with van der Waals surface area (Å²) in [6, 6.07) is 5.29. The summed E-state index contributed by atoms with van der Waals surface area (Å²) in [5.74, 6) is -3.78. The van der Waals surface area contributed by atoms with Crippen molar-refractivity contribution in [3.05, 3.63) is 59.2 Å². The Morgan fingerprint density at radius 3 is 1.96 bits per heavy atom. The van der Waals surface area contributed by atoms with Gasteiger partial charge in [-0.15, -0.1) is 0 Å². The smallest absolute Gasteiger partial charge is 0.159 e. The molecular weight excluding hydrogens is 320 g/mol. The Morgan fingerprint density at radius 2 is 1.42 bits per heavy atom. The Hall–Kier alpha value is -2.17. The Balaban J connectivity index is 1.91. The first kappa shape index (κ1) is 16.7. The third kappa shape index (κ3) is 3.21. The molecule has 5 heteroatoms. The number of rotatable bonds is 3. The highest BCUT2D eigenvalue weighted by Gasteiger charge is 2.24. The van der Waals surface area contributed by atoms with Crippen molar-refractivity contribution in [3.63, 3.8) is 0 Å². The van der Waals surface area contributed by atoms with Gasteiger partial charge in [0.15, 0.2) is 11.6 Å². The van der Waals surface area contributed by atoms with Gasteiger partial charge >= 0.3 is 0 Å². The number of hydrogen-bond donors (Lipinski definition) is 0. The van der Waals surface area contributed by atoms with E-state index in [4.69, 9.17) is 0 Å². The van der Waals surface area contributed by atoms with Crippen molar-refractivity contribution in [1.29, 1.82) is 0 Å². The molecule has 1 aliphatic rings. The average molecular weight is 336 g/mol. The summed E-state index contributed by atoms with van der Waals surface area (Å²) < 4.78 is 55.1. The molecule has 1 fully saturated rings. The first-order valence-electron chi connectivity index (χ1n) is 7.89. The van der Waals surface area contributed by atoms with Crippen LogP contribution in [0.1, 0.15) is 37.2 Å². The highest BCUT2D eigenvalue weighted by Crippen LogP contribution is 2.37. The van der Waals surface area contributed by atoms with Crippen molar-refractivity contribution >= 4 is 6.29 Å². The molecule has 0 saturated heterocycles. The first-order chi connectivity index (χ1) is 11.5. The lowest BCUT2D eigenvalue weighted by atomic mass is 9.79. The predicted octanol–water partition coefficient (Wildman–Crippen LogP) is 5.38. The fourth-order valence-corrected chi connectivity index (χ4v) is 3.34. The fourth-order valence-electron chi connectivity index (χ4n) is 3.34. The molecule has 0 amide bonds. The lowest BCUT2D eigenvalue weighted by Gasteiger charge is -2.26. The zero-order chi connectivity index (χ0) is 17.3. The molecule has 1 saturated carbocycles. The van der Waals surface area contributed by atoms with Crippen LogP contribution in [0.5, 0.6) is 0 Å². The van der Waals surface area contributed by atoms with Gasteiger partial charge in [-0.05, 0) is 67.0 Å². The van der Waals surface area contributed by atoms with Crippen LogP contribution >= 0.6 is 0 Å². The second-order valence-electron chi connectivity index (χ2n) is 6.24. The minimum absolute atomic E-state index is 0.00389. The van der Waals surface area contributed by atoms with Gasteiger partial charge < -0.3 is 4.79 Å². The Bertz CT molecular complexity index is 741. The standard InChI is InChI=1S/C19H16F4O/c20-15-6-5-13(7-16(15)21)19-17(22)8-14(9-18(19)23)12-3-1-11(10-24)2-4-12/h5-12H,1-4H2. The van der Waals surface area contributed by atoms with E-state index in [0.717, 1.165) is 24.5 Å². The largest absolute Gasteiger partial charge is 0.303 e. The second-order valence-corrected chi connectivity index (χ2v) is 6.24. The van der Waals surface area contributed by atoms with Crippen LogP contribution in [-0.4, -0.2) is 6.29 Å². The van der Waals surface area contributed by atoms with Crippen molar-refractivity contribution in [3.8, 4) is 11.1 Å². The van der Waals surface area contributed by atoms with E-state index in [1.165, 1.54) is 12.1 Å². The predicted molar refractivity (Wildman–Crippen MR) is 82.5 cm³/mol. The Kier molecular flexibility index (Phi) is 4.69. The Morgan fingerprint density at radius 1 is 0.792 bits per heavy atom. The molecule has 126 valence electrons. The van der Waals surface area contributed by atoms with E-state index in [0.29, 0.717) is 31.2 Å². The summed E-state index contributed by atoms with van der Waals surface area (Å²) in [4.78, 5) is 10.8. The molecule has 0 atom stereocenters. The van der Waals surface area contributed by atoms with E-state index in [-0.39, 0.29) is 23.0 Å². The minimum atomic E-state index is -1.15. The van der Waals surface area contributed by atoms with Crippen LogP contribution < -0.4 is 0 Å². The SMILES string of the molecule is O=CC1CCC(c2cc(F)c(-c3ccc(F)c(F)c3)c(F)c2)CC1. The summed E-state index contributed by atoms with van der Waals surface area (Å²) >= 11 is 0. The second kappa shape index (κ2) is 6.75. The van der Waals surface area contributed by atoms with E-state index >= 15 is 0 Å². The van der Waals surface area contributed by atoms with Crippen LogP contribution in [0.25, 0.3) is 11.1 Å². The summed E-state index contributed by atoms with van der Waals surface area (Å²) in [6.45, 7) is 0. The third-order valence-electron chi connectivity index (χ3n) is 4.71. The molecule has 1 nitrogen and oxygen atoms in total. The first-order valence-corrected chi connectivity index (χ1v) is 7.89. The zero-order valence-electron chi connectivity index (χ0n) is 12.9. The van der Waals surface area contributed by atoms with Gasteiger partial charge in [-0.25, -0.2) is 17.6 Å². The van der Waals surface area contributed by atoms with Gasteiger partial charge in [-0.1, -0.05) is 6.07 Å². The summed E-state index contributed by atoms with van der Waals surface area (Å²) in [5.41, 5.74) is 0.139. The van der Waals surface area contributed by atoms with E-state index in [9.17, 15) is 22.4 Å². The lowest BCUT2D eigenvalue weighted by Crippen LogP contribution is -2.14. The van der Waals surface area contributed by atoms with Gasteiger partial charge in [-0.3, -0.25) is 0 Å². The van der Waals surface area contributed by atoms with Crippen molar-refractivity contribution < 1.29 is 22.4 Å². The number of carbonyl (C=O) groups is 1. The van der Waals surface area contributed by atoms with Crippen molar-refractivity contribution in [2.45, 2.75) is 31.6 Å².